The van der Waals surface area contributed by atoms with Crippen molar-refractivity contribution in [3.05, 3.63) is 0 Å². The third-order valence-corrected chi connectivity index (χ3v) is 2.93. The summed E-state index contributed by atoms with van der Waals surface area (Å²) in [4.78, 5) is 27.0. The van der Waals surface area contributed by atoms with Crippen LogP contribution in [0.4, 0.5) is 0 Å². The molecule has 0 aromatic carbocycles. The van der Waals surface area contributed by atoms with Crippen LogP contribution in [0.15, 0.2) is 4.99 Å². The van der Waals surface area contributed by atoms with E-state index < -0.39 is 5.41 Å². The van der Waals surface area contributed by atoms with Gasteiger partial charge in [-0.1, -0.05) is 27.7 Å². The predicted octanol–water partition coefficient (Wildman–Crippen LogP) is -0.435. The number of nitrogens with two attached hydrogens (primary N) is 2. The van der Waals surface area contributed by atoms with Gasteiger partial charge in [-0.05, 0) is 11.8 Å². The average molecular weight is 285 g/mol. The molecule has 0 atom stereocenters. The molecule has 20 heavy (non-hydrogen) atoms. The van der Waals surface area contributed by atoms with E-state index in [4.69, 9.17) is 11.5 Å². The summed E-state index contributed by atoms with van der Waals surface area (Å²) >= 11 is 0. The lowest BCUT2D eigenvalue weighted by Gasteiger charge is -2.33. The molecule has 0 fully saturated rings. The Balaban J connectivity index is 4.42. The number of guanidine groups is 1. The molecule has 0 saturated heterocycles. The van der Waals surface area contributed by atoms with Gasteiger partial charge in [0.1, 0.15) is 6.54 Å². The molecular formula is C13H27N5O2. The maximum absolute atomic E-state index is 11.8. The second kappa shape index (κ2) is 7.12. The van der Waals surface area contributed by atoms with Crippen LogP contribution in [0.5, 0.6) is 0 Å². The fourth-order valence-corrected chi connectivity index (χ4v) is 2.23. The standard InChI is InChI=1S/C13H27N5O2/c1-12(2,7-13(3,4)10(20)16-5)8-18-9(19)6-17-11(14)15/h6-8H2,1-5H3,(H,16,20)(H,18,19)(H4,14,15,17). The Labute approximate surface area is 120 Å². The van der Waals surface area contributed by atoms with Gasteiger partial charge in [-0.2, -0.15) is 0 Å². The summed E-state index contributed by atoms with van der Waals surface area (Å²) in [5.74, 6) is -0.373. The Kier molecular flexibility index (Phi) is 6.48. The molecule has 2 amide bonds. The molecule has 0 aliphatic carbocycles. The highest BCUT2D eigenvalue weighted by molar-refractivity contribution is 5.83. The van der Waals surface area contributed by atoms with Gasteiger partial charge in [-0.3, -0.25) is 9.59 Å². The van der Waals surface area contributed by atoms with Gasteiger partial charge in [0.25, 0.3) is 0 Å². The van der Waals surface area contributed by atoms with Crippen molar-refractivity contribution >= 4 is 17.8 Å². The predicted molar refractivity (Wildman–Crippen MR) is 79.9 cm³/mol. The van der Waals surface area contributed by atoms with Gasteiger partial charge in [0.15, 0.2) is 5.96 Å². The molecule has 7 heteroatoms. The first kappa shape index (κ1) is 18.2. The maximum Gasteiger partial charge on any atom is 0.241 e. The lowest BCUT2D eigenvalue weighted by molar-refractivity contribution is -0.130. The van der Waals surface area contributed by atoms with Gasteiger partial charge >= 0.3 is 0 Å². The fraction of sp³-hybridized carbons (Fsp3) is 0.769. The Hall–Kier alpha value is -1.79. The molecule has 6 N–H and O–H groups in total. The number of nitrogens with zero attached hydrogens (tertiary/aromatic N) is 1. The fourth-order valence-electron chi connectivity index (χ4n) is 2.23. The van der Waals surface area contributed by atoms with Crippen molar-refractivity contribution in [2.75, 3.05) is 20.1 Å². The number of hydrogen-bond donors (Lipinski definition) is 4. The van der Waals surface area contributed by atoms with Crippen LogP contribution in [0.2, 0.25) is 0 Å². The highest BCUT2D eigenvalue weighted by atomic mass is 16.2. The number of rotatable bonds is 7. The van der Waals surface area contributed by atoms with E-state index >= 15 is 0 Å². The number of amides is 2. The van der Waals surface area contributed by atoms with E-state index in [0.29, 0.717) is 13.0 Å². The molecular weight excluding hydrogens is 258 g/mol. The van der Waals surface area contributed by atoms with Crippen LogP contribution in [0, 0.1) is 10.8 Å². The summed E-state index contributed by atoms with van der Waals surface area (Å²) in [6.07, 6.45) is 0.641. The zero-order valence-electron chi connectivity index (χ0n) is 13.0. The molecule has 116 valence electrons. The first-order valence-electron chi connectivity index (χ1n) is 6.54. The van der Waals surface area contributed by atoms with Gasteiger partial charge in [-0.25, -0.2) is 4.99 Å². The molecule has 0 aromatic heterocycles. The van der Waals surface area contributed by atoms with Crippen molar-refractivity contribution in [3.63, 3.8) is 0 Å². The molecule has 0 aliphatic rings. The van der Waals surface area contributed by atoms with Crippen molar-refractivity contribution < 1.29 is 9.59 Å². The smallest absolute Gasteiger partial charge is 0.241 e. The zero-order valence-corrected chi connectivity index (χ0v) is 13.0. The molecule has 0 bridgehead atoms. The van der Waals surface area contributed by atoms with Crippen LogP contribution in [0.25, 0.3) is 0 Å². The quantitative estimate of drug-likeness (QED) is 0.374. The normalized spacial score (nSPS) is 11.7. The maximum atomic E-state index is 11.8. The molecule has 0 unspecified atom stereocenters. The lowest BCUT2D eigenvalue weighted by Crippen LogP contribution is -2.42. The van der Waals surface area contributed by atoms with Crippen molar-refractivity contribution in [1.82, 2.24) is 10.6 Å². The summed E-state index contributed by atoms with van der Waals surface area (Å²) in [5.41, 5.74) is 9.60. The van der Waals surface area contributed by atoms with Gasteiger partial charge in [0, 0.05) is 19.0 Å². The number of nitrogens with one attached hydrogen (secondary N) is 2. The minimum atomic E-state index is -0.497. The largest absolute Gasteiger partial charge is 0.370 e. The SMILES string of the molecule is CNC(=O)C(C)(C)CC(C)(C)CNC(=O)CN=C(N)N. The zero-order chi connectivity index (χ0) is 16.0. The topological polar surface area (TPSA) is 123 Å². The molecule has 0 aliphatic heterocycles. The van der Waals surface area contributed by atoms with Gasteiger partial charge in [0.05, 0.1) is 0 Å². The summed E-state index contributed by atoms with van der Waals surface area (Å²) < 4.78 is 0. The van der Waals surface area contributed by atoms with Crippen molar-refractivity contribution in [2.24, 2.45) is 27.3 Å². The van der Waals surface area contributed by atoms with Crippen molar-refractivity contribution in [1.29, 1.82) is 0 Å². The summed E-state index contributed by atoms with van der Waals surface area (Å²) in [6.45, 7) is 8.13. The Morgan fingerprint density at radius 3 is 2.15 bits per heavy atom. The van der Waals surface area contributed by atoms with E-state index in [9.17, 15) is 9.59 Å². The van der Waals surface area contributed by atoms with E-state index in [1.54, 1.807) is 7.05 Å². The summed E-state index contributed by atoms with van der Waals surface area (Å²) in [5, 5.41) is 5.42. The van der Waals surface area contributed by atoms with E-state index in [1.165, 1.54) is 0 Å². The summed E-state index contributed by atoms with van der Waals surface area (Å²) in [7, 11) is 1.62. The van der Waals surface area contributed by atoms with E-state index in [0.717, 1.165) is 0 Å². The van der Waals surface area contributed by atoms with Crippen LogP contribution in [-0.4, -0.2) is 37.9 Å². The highest BCUT2D eigenvalue weighted by Gasteiger charge is 2.34. The number of aliphatic imine (C=N–C) groups is 1. The molecule has 0 saturated carbocycles. The van der Waals surface area contributed by atoms with Crippen LogP contribution < -0.4 is 22.1 Å². The second-order valence-corrected chi connectivity index (χ2v) is 6.32. The third kappa shape index (κ3) is 6.96. The minimum Gasteiger partial charge on any atom is -0.370 e. The van der Waals surface area contributed by atoms with Crippen LogP contribution in [-0.2, 0) is 9.59 Å². The average Bonchev–Trinajstić information content (AvgIpc) is 2.31. The Morgan fingerprint density at radius 2 is 1.70 bits per heavy atom. The third-order valence-electron chi connectivity index (χ3n) is 2.93. The van der Waals surface area contributed by atoms with Gasteiger partial charge in [-0.15, -0.1) is 0 Å². The van der Waals surface area contributed by atoms with E-state index in [-0.39, 0.29) is 29.7 Å². The van der Waals surface area contributed by atoms with Crippen LogP contribution in [0.3, 0.4) is 0 Å². The molecule has 0 radical (unpaired) electrons. The Bertz CT molecular complexity index is 384. The summed E-state index contributed by atoms with van der Waals surface area (Å²) in [6, 6.07) is 0. The first-order valence-corrected chi connectivity index (χ1v) is 6.54. The minimum absolute atomic E-state index is 0.0163. The molecule has 0 spiro atoms. The second-order valence-electron chi connectivity index (χ2n) is 6.32. The number of carbonyl (C=O) groups excluding carboxylic acids is 2. The van der Waals surface area contributed by atoms with Gasteiger partial charge in [0.2, 0.25) is 11.8 Å². The van der Waals surface area contributed by atoms with E-state index in [2.05, 4.69) is 15.6 Å². The molecule has 0 heterocycles. The number of carbonyl (C=O) groups is 2. The monoisotopic (exact) mass is 285 g/mol. The number of hydrogen-bond acceptors (Lipinski definition) is 3. The molecule has 0 rings (SSSR count). The molecule has 0 aromatic rings. The first-order chi connectivity index (χ1) is 9.00. The molecule has 7 nitrogen and oxygen atoms in total. The van der Waals surface area contributed by atoms with Crippen LogP contribution in [0.1, 0.15) is 34.1 Å². The van der Waals surface area contributed by atoms with Crippen molar-refractivity contribution in [3.8, 4) is 0 Å². The lowest BCUT2D eigenvalue weighted by atomic mass is 9.74. The highest BCUT2D eigenvalue weighted by Crippen LogP contribution is 2.33. The van der Waals surface area contributed by atoms with Gasteiger partial charge < -0.3 is 22.1 Å². The van der Waals surface area contributed by atoms with Crippen molar-refractivity contribution in [2.45, 2.75) is 34.1 Å². The Morgan fingerprint density at radius 1 is 1.15 bits per heavy atom. The van der Waals surface area contributed by atoms with Crippen LogP contribution >= 0.6 is 0 Å². The van der Waals surface area contributed by atoms with E-state index in [1.807, 2.05) is 27.7 Å².